The number of aryl methyl sites for hydroxylation is 1. The van der Waals surface area contributed by atoms with Crippen LogP contribution in [-0.2, 0) is 7.05 Å². The lowest BCUT2D eigenvalue weighted by atomic mass is 10.3. The van der Waals surface area contributed by atoms with E-state index >= 15 is 0 Å². The molecular weight excluding hydrogens is 218 g/mol. The number of anilines is 1. The number of hydrogen-bond acceptors (Lipinski definition) is 4. The second-order valence-electron chi connectivity index (χ2n) is 3.01. The molecule has 2 N–H and O–H groups in total. The number of halogens is 1. The maximum Gasteiger partial charge on any atom is 0.368 e. The highest BCUT2D eigenvalue weighted by Crippen LogP contribution is 2.20. The molecule has 1 aromatic carbocycles. The minimum atomic E-state index is -0.360. The smallest absolute Gasteiger partial charge is 0.368 e. The van der Waals surface area contributed by atoms with Crippen molar-refractivity contribution in [2.45, 2.75) is 0 Å². The third-order valence-corrected chi connectivity index (χ3v) is 2.22. The zero-order chi connectivity index (χ0) is 11.0. The molecule has 0 bridgehead atoms. The number of benzene rings is 1. The Balaban J connectivity index is 2.64. The molecule has 0 saturated carbocycles. The summed E-state index contributed by atoms with van der Waals surface area (Å²) in [6.07, 6.45) is 0. The summed E-state index contributed by atoms with van der Waals surface area (Å²) in [7, 11) is 1.51. The molecule has 0 spiro atoms. The fraction of sp³-hybridized carbons (Fsp3) is 0.125. The van der Waals surface area contributed by atoms with Crippen molar-refractivity contribution in [2.75, 3.05) is 5.73 Å². The first kappa shape index (κ1) is 9.72. The number of nitrogens with zero attached hydrogens (tertiary/aromatic N) is 4. The Hall–Kier alpha value is -1.82. The molecule has 15 heavy (non-hydrogen) atoms. The van der Waals surface area contributed by atoms with Crippen molar-refractivity contribution in [1.82, 2.24) is 19.8 Å². The number of nitrogens with two attached hydrogens (primary N) is 1. The largest absolute Gasteiger partial charge is 0.399 e. The Morgan fingerprint density at radius 1 is 1.40 bits per heavy atom. The fourth-order valence-electron chi connectivity index (χ4n) is 1.16. The van der Waals surface area contributed by atoms with Gasteiger partial charge in [-0.15, -0.1) is 0 Å². The molecule has 2 rings (SSSR count). The van der Waals surface area contributed by atoms with Crippen LogP contribution in [0.5, 0.6) is 0 Å². The van der Waals surface area contributed by atoms with Crippen molar-refractivity contribution < 1.29 is 0 Å². The van der Waals surface area contributed by atoms with E-state index in [1.807, 2.05) is 0 Å². The van der Waals surface area contributed by atoms with Gasteiger partial charge in [0.15, 0.2) is 0 Å². The first-order valence-corrected chi connectivity index (χ1v) is 4.52. The summed E-state index contributed by atoms with van der Waals surface area (Å²) in [6, 6.07) is 4.81. The highest BCUT2D eigenvalue weighted by molar-refractivity contribution is 6.32. The summed E-state index contributed by atoms with van der Waals surface area (Å²) in [5.41, 5.74) is 6.17. The lowest BCUT2D eigenvalue weighted by Gasteiger charge is -2.01. The average Bonchev–Trinajstić information content (AvgIpc) is 2.49. The molecule has 0 radical (unpaired) electrons. The van der Waals surface area contributed by atoms with Gasteiger partial charge in [-0.2, -0.15) is 9.36 Å². The highest BCUT2D eigenvalue weighted by atomic mass is 35.5. The summed E-state index contributed by atoms with van der Waals surface area (Å²) < 4.78 is 2.23. The van der Waals surface area contributed by atoms with Crippen molar-refractivity contribution in [1.29, 1.82) is 0 Å². The minimum absolute atomic E-state index is 0.359. The molecule has 0 atom stereocenters. The minimum Gasteiger partial charge on any atom is -0.399 e. The molecule has 7 heteroatoms. The second kappa shape index (κ2) is 3.39. The number of aromatic nitrogens is 4. The number of nitrogen functional groups attached to an aromatic ring is 1. The Kier molecular flexibility index (Phi) is 2.20. The van der Waals surface area contributed by atoms with E-state index in [9.17, 15) is 4.79 Å². The molecule has 1 aromatic heterocycles. The van der Waals surface area contributed by atoms with Gasteiger partial charge in [-0.1, -0.05) is 11.6 Å². The van der Waals surface area contributed by atoms with Gasteiger partial charge in [-0.05, 0) is 28.6 Å². The third-order valence-electron chi connectivity index (χ3n) is 1.92. The molecule has 6 nitrogen and oxygen atoms in total. The van der Waals surface area contributed by atoms with Crippen LogP contribution in [-0.4, -0.2) is 19.8 Å². The predicted molar refractivity (Wildman–Crippen MR) is 56.0 cm³/mol. The van der Waals surface area contributed by atoms with Crippen LogP contribution in [0.25, 0.3) is 5.69 Å². The monoisotopic (exact) mass is 225 g/mol. The van der Waals surface area contributed by atoms with Crippen molar-refractivity contribution in [3.63, 3.8) is 0 Å². The summed E-state index contributed by atoms with van der Waals surface area (Å²) in [5.74, 6) is 0. The zero-order valence-electron chi connectivity index (χ0n) is 7.88. The van der Waals surface area contributed by atoms with Gasteiger partial charge in [-0.25, -0.2) is 4.79 Å². The van der Waals surface area contributed by atoms with E-state index < -0.39 is 0 Å². The summed E-state index contributed by atoms with van der Waals surface area (Å²) in [4.78, 5) is 11.5. The zero-order valence-corrected chi connectivity index (χ0v) is 8.64. The average molecular weight is 226 g/mol. The Morgan fingerprint density at radius 3 is 2.67 bits per heavy atom. The van der Waals surface area contributed by atoms with Gasteiger partial charge >= 0.3 is 5.69 Å². The van der Waals surface area contributed by atoms with Crippen LogP contribution < -0.4 is 11.4 Å². The third kappa shape index (κ3) is 1.59. The fourth-order valence-corrected chi connectivity index (χ4v) is 1.43. The second-order valence-corrected chi connectivity index (χ2v) is 3.41. The molecule has 0 aliphatic heterocycles. The standard InChI is InChI=1S/C8H8ClN5O/c1-13-8(15)14(12-11-13)7-3-2-5(10)4-6(7)9/h2-4H,10H2,1H3. The highest BCUT2D eigenvalue weighted by Gasteiger charge is 2.09. The van der Waals surface area contributed by atoms with Gasteiger partial charge in [0, 0.05) is 12.7 Å². The van der Waals surface area contributed by atoms with E-state index in [0.717, 1.165) is 9.36 Å². The Morgan fingerprint density at radius 2 is 2.13 bits per heavy atom. The van der Waals surface area contributed by atoms with Crippen LogP contribution in [0.2, 0.25) is 5.02 Å². The maximum absolute atomic E-state index is 11.5. The van der Waals surface area contributed by atoms with Crippen LogP contribution in [0.4, 0.5) is 5.69 Å². The van der Waals surface area contributed by atoms with E-state index in [1.165, 1.54) is 7.05 Å². The summed E-state index contributed by atoms with van der Waals surface area (Å²) >= 11 is 5.93. The lowest BCUT2D eigenvalue weighted by Crippen LogP contribution is -2.22. The molecule has 0 aliphatic carbocycles. The van der Waals surface area contributed by atoms with Crippen molar-refractivity contribution >= 4 is 17.3 Å². The molecule has 0 aliphatic rings. The van der Waals surface area contributed by atoms with Gasteiger partial charge in [0.05, 0.1) is 10.7 Å². The predicted octanol–water partition coefficient (Wildman–Crippen LogP) is 0.202. The summed E-state index contributed by atoms with van der Waals surface area (Å²) in [5, 5.41) is 7.61. The lowest BCUT2D eigenvalue weighted by molar-refractivity contribution is 0.693. The van der Waals surface area contributed by atoms with Crippen molar-refractivity contribution in [2.24, 2.45) is 7.05 Å². The van der Waals surface area contributed by atoms with Gasteiger partial charge in [0.1, 0.15) is 0 Å². The van der Waals surface area contributed by atoms with Gasteiger partial charge in [0.2, 0.25) is 0 Å². The molecule has 0 amide bonds. The first-order chi connectivity index (χ1) is 7.09. The van der Waals surface area contributed by atoms with Crippen molar-refractivity contribution in [3.05, 3.63) is 33.7 Å². The van der Waals surface area contributed by atoms with Crippen LogP contribution in [0.1, 0.15) is 0 Å². The number of rotatable bonds is 1. The number of tetrazole rings is 1. The van der Waals surface area contributed by atoms with Gasteiger partial charge in [0.25, 0.3) is 0 Å². The molecule has 1 heterocycles. The van der Waals surface area contributed by atoms with Crippen molar-refractivity contribution in [3.8, 4) is 5.69 Å². The van der Waals surface area contributed by atoms with Crippen LogP contribution in [0, 0.1) is 0 Å². The SMILES string of the molecule is Cn1nnn(-c2ccc(N)cc2Cl)c1=O. The van der Waals surface area contributed by atoms with E-state index in [2.05, 4.69) is 10.4 Å². The molecule has 0 unspecified atom stereocenters. The van der Waals surface area contributed by atoms with Crippen LogP contribution in [0.15, 0.2) is 23.0 Å². The molecule has 2 aromatic rings. The van der Waals surface area contributed by atoms with E-state index in [1.54, 1.807) is 18.2 Å². The quantitative estimate of drug-likeness (QED) is 0.704. The Bertz CT molecular complexity index is 558. The molecule has 0 fully saturated rings. The summed E-state index contributed by atoms with van der Waals surface area (Å²) in [6.45, 7) is 0. The molecule has 78 valence electrons. The van der Waals surface area contributed by atoms with Crippen LogP contribution in [0.3, 0.4) is 0 Å². The maximum atomic E-state index is 11.5. The van der Waals surface area contributed by atoms with Crippen LogP contribution >= 0.6 is 11.6 Å². The van der Waals surface area contributed by atoms with E-state index in [-0.39, 0.29) is 5.69 Å². The van der Waals surface area contributed by atoms with Gasteiger partial charge < -0.3 is 5.73 Å². The van der Waals surface area contributed by atoms with E-state index in [4.69, 9.17) is 17.3 Å². The number of hydrogen-bond donors (Lipinski definition) is 1. The molecular formula is C8H8ClN5O. The van der Waals surface area contributed by atoms with E-state index in [0.29, 0.717) is 16.4 Å². The topological polar surface area (TPSA) is 78.7 Å². The normalized spacial score (nSPS) is 10.5. The molecule has 0 saturated heterocycles. The first-order valence-electron chi connectivity index (χ1n) is 4.14. The van der Waals surface area contributed by atoms with Gasteiger partial charge in [-0.3, -0.25) is 0 Å². The Labute approximate surface area is 89.9 Å².